The van der Waals surface area contributed by atoms with Gasteiger partial charge in [-0.3, -0.25) is 4.79 Å². The smallest absolute Gasteiger partial charge is 0.222 e. The fraction of sp³-hybridized carbons (Fsp3) is 0.250. The first-order valence-corrected chi connectivity index (χ1v) is 7.41. The number of fused-ring (bicyclic) bond motifs is 1. The van der Waals surface area contributed by atoms with Crippen molar-refractivity contribution in [1.82, 2.24) is 24.8 Å². The number of aryl methyl sites for hydroxylation is 1. The minimum absolute atomic E-state index is 0.0229. The summed E-state index contributed by atoms with van der Waals surface area (Å²) in [5.41, 5.74) is 8.03. The zero-order chi connectivity index (χ0) is 16.2. The van der Waals surface area contributed by atoms with Crippen LogP contribution < -0.4 is 11.1 Å². The Morgan fingerprint density at radius 2 is 2.04 bits per heavy atom. The van der Waals surface area contributed by atoms with Gasteiger partial charge in [-0.25, -0.2) is 15.0 Å². The first kappa shape index (κ1) is 15.0. The minimum Gasteiger partial charge on any atom is -0.382 e. The highest BCUT2D eigenvalue weighted by Gasteiger charge is 2.11. The van der Waals surface area contributed by atoms with Gasteiger partial charge < -0.3 is 15.6 Å². The first-order valence-electron chi connectivity index (χ1n) is 7.41. The van der Waals surface area contributed by atoms with E-state index in [1.165, 1.54) is 6.33 Å². The van der Waals surface area contributed by atoms with Crippen LogP contribution >= 0.6 is 0 Å². The Morgan fingerprint density at radius 3 is 2.83 bits per heavy atom. The van der Waals surface area contributed by atoms with Crippen LogP contribution in [0.15, 0.2) is 43.0 Å². The van der Waals surface area contributed by atoms with Crippen molar-refractivity contribution in [2.45, 2.75) is 25.9 Å². The molecule has 2 heterocycles. The number of carbonyl (C=O) groups excluding carboxylic acids is 1. The van der Waals surface area contributed by atoms with Crippen molar-refractivity contribution < 1.29 is 4.79 Å². The number of imidazole rings is 1. The van der Waals surface area contributed by atoms with E-state index in [4.69, 9.17) is 5.73 Å². The lowest BCUT2D eigenvalue weighted by atomic mass is 10.1. The number of hydrogen-bond donors (Lipinski definition) is 2. The van der Waals surface area contributed by atoms with E-state index in [2.05, 4.69) is 20.3 Å². The van der Waals surface area contributed by atoms with E-state index in [1.54, 1.807) is 10.9 Å². The van der Waals surface area contributed by atoms with Crippen molar-refractivity contribution in [1.29, 1.82) is 0 Å². The lowest BCUT2D eigenvalue weighted by molar-refractivity contribution is -0.121. The molecule has 3 aromatic rings. The molecule has 7 heteroatoms. The second-order valence-electron chi connectivity index (χ2n) is 5.32. The Kier molecular flexibility index (Phi) is 4.18. The molecule has 1 amide bonds. The lowest BCUT2D eigenvalue weighted by Crippen LogP contribution is -2.27. The molecule has 0 fully saturated rings. The zero-order valence-corrected chi connectivity index (χ0v) is 12.8. The highest BCUT2D eigenvalue weighted by Crippen LogP contribution is 2.15. The van der Waals surface area contributed by atoms with Gasteiger partial charge in [-0.1, -0.05) is 30.3 Å². The van der Waals surface area contributed by atoms with E-state index in [0.29, 0.717) is 29.9 Å². The average Bonchev–Trinajstić information content (AvgIpc) is 2.98. The van der Waals surface area contributed by atoms with E-state index in [0.717, 1.165) is 5.56 Å². The van der Waals surface area contributed by atoms with Gasteiger partial charge in [-0.15, -0.1) is 0 Å². The lowest BCUT2D eigenvalue weighted by Gasteiger charge is -2.14. The highest BCUT2D eigenvalue weighted by molar-refractivity contribution is 5.81. The molecule has 0 spiro atoms. The van der Waals surface area contributed by atoms with E-state index < -0.39 is 0 Å². The Morgan fingerprint density at radius 1 is 1.26 bits per heavy atom. The fourth-order valence-corrected chi connectivity index (χ4v) is 2.42. The van der Waals surface area contributed by atoms with Crippen molar-refractivity contribution in [2.75, 3.05) is 5.73 Å². The molecule has 7 nitrogen and oxygen atoms in total. The normalized spacial score (nSPS) is 12.2. The monoisotopic (exact) mass is 310 g/mol. The summed E-state index contributed by atoms with van der Waals surface area (Å²) in [5.74, 6) is 0.320. The third-order valence-corrected chi connectivity index (χ3v) is 3.69. The van der Waals surface area contributed by atoms with Gasteiger partial charge in [-0.2, -0.15) is 0 Å². The molecular formula is C16H18N6O. The number of anilines is 1. The van der Waals surface area contributed by atoms with Crippen LogP contribution in [0.1, 0.15) is 24.9 Å². The number of nitrogen functional groups attached to an aromatic ring is 1. The molecule has 2 aromatic heterocycles. The molecule has 0 bridgehead atoms. The number of hydrogen-bond acceptors (Lipinski definition) is 5. The maximum absolute atomic E-state index is 12.1. The quantitative estimate of drug-likeness (QED) is 0.747. The van der Waals surface area contributed by atoms with Crippen LogP contribution in [0.2, 0.25) is 0 Å². The number of benzene rings is 1. The summed E-state index contributed by atoms with van der Waals surface area (Å²) in [4.78, 5) is 24.4. The summed E-state index contributed by atoms with van der Waals surface area (Å²) in [6.07, 6.45) is 3.36. The molecular weight excluding hydrogens is 292 g/mol. The molecule has 0 saturated carbocycles. The van der Waals surface area contributed by atoms with Gasteiger partial charge in [0.15, 0.2) is 11.5 Å². The number of nitrogens with zero attached hydrogens (tertiary/aromatic N) is 4. The average molecular weight is 310 g/mol. The van der Waals surface area contributed by atoms with Gasteiger partial charge in [0, 0.05) is 13.0 Å². The maximum atomic E-state index is 12.1. The predicted molar refractivity (Wildman–Crippen MR) is 87.4 cm³/mol. The molecule has 0 radical (unpaired) electrons. The van der Waals surface area contributed by atoms with Crippen LogP contribution in [0.25, 0.3) is 11.2 Å². The van der Waals surface area contributed by atoms with E-state index in [-0.39, 0.29) is 11.9 Å². The van der Waals surface area contributed by atoms with Crippen LogP contribution in [0.3, 0.4) is 0 Å². The maximum Gasteiger partial charge on any atom is 0.222 e. The molecule has 23 heavy (non-hydrogen) atoms. The molecule has 0 aliphatic rings. The van der Waals surface area contributed by atoms with Gasteiger partial charge in [0.05, 0.1) is 12.4 Å². The van der Waals surface area contributed by atoms with Crippen molar-refractivity contribution in [3.05, 3.63) is 48.5 Å². The van der Waals surface area contributed by atoms with Crippen molar-refractivity contribution in [2.24, 2.45) is 0 Å². The molecule has 0 saturated heterocycles. The summed E-state index contributed by atoms with van der Waals surface area (Å²) < 4.78 is 1.81. The SMILES string of the molecule is C[C@H](NC(=O)CCn1cnc2c(N)ncnc21)c1ccccc1. The van der Waals surface area contributed by atoms with Crippen LogP contribution in [0.5, 0.6) is 0 Å². The predicted octanol–water partition coefficient (Wildman–Crippen LogP) is 1.68. The molecule has 1 atom stereocenters. The second-order valence-corrected chi connectivity index (χ2v) is 5.32. The van der Waals surface area contributed by atoms with Gasteiger partial charge in [-0.05, 0) is 12.5 Å². The van der Waals surface area contributed by atoms with E-state index >= 15 is 0 Å². The molecule has 118 valence electrons. The number of nitrogens with two attached hydrogens (primary N) is 1. The second kappa shape index (κ2) is 6.43. The topological polar surface area (TPSA) is 98.7 Å². The zero-order valence-electron chi connectivity index (χ0n) is 12.8. The summed E-state index contributed by atoms with van der Waals surface area (Å²) in [6.45, 7) is 2.45. The summed E-state index contributed by atoms with van der Waals surface area (Å²) in [5, 5.41) is 2.99. The standard InChI is InChI=1S/C16H18N6O/c1-11(12-5-3-2-4-6-12)21-13(23)7-8-22-10-20-14-15(17)18-9-19-16(14)22/h2-6,9-11H,7-8H2,1H3,(H,21,23)(H2,17,18,19)/t11-/m0/s1. The Labute approximate surface area is 133 Å². The van der Waals surface area contributed by atoms with E-state index in [9.17, 15) is 4.79 Å². The third kappa shape index (κ3) is 3.28. The first-order chi connectivity index (χ1) is 11.1. The summed E-state index contributed by atoms with van der Waals surface area (Å²) >= 11 is 0. The third-order valence-electron chi connectivity index (χ3n) is 3.69. The van der Waals surface area contributed by atoms with Crippen molar-refractivity contribution in [3.63, 3.8) is 0 Å². The number of carbonyl (C=O) groups is 1. The van der Waals surface area contributed by atoms with Crippen LogP contribution in [-0.4, -0.2) is 25.4 Å². The van der Waals surface area contributed by atoms with Gasteiger partial charge in [0.1, 0.15) is 11.8 Å². The summed E-state index contributed by atoms with van der Waals surface area (Å²) in [7, 11) is 0. The highest BCUT2D eigenvalue weighted by atomic mass is 16.1. The Balaban J connectivity index is 1.61. The number of amides is 1. The molecule has 3 rings (SSSR count). The number of aromatic nitrogens is 4. The van der Waals surface area contributed by atoms with Gasteiger partial charge in [0.2, 0.25) is 5.91 Å². The van der Waals surface area contributed by atoms with E-state index in [1.807, 2.05) is 37.3 Å². The Hall–Kier alpha value is -2.96. The molecule has 3 N–H and O–H groups in total. The summed E-state index contributed by atoms with van der Waals surface area (Å²) in [6, 6.07) is 9.83. The minimum atomic E-state index is -0.0267. The van der Waals surface area contributed by atoms with Gasteiger partial charge in [0.25, 0.3) is 0 Å². The molecule has 0 aliphatic carbocycles. The van der Waals surface area contributed by atoms with Crippen LogP contribution in [0, 0.1) is 0 Å². The number of rotatable bonds is 5. The number of nitrogens with one attached hydrogen (secondary N) is 1. The fourth-order valence-electron chi connectivity index (χ4n) is 2.42. The van der Waals surface area contributed by atoms with Crippen LogP contribution in [0.4, 0.5) is 5.82 Å². The van der Waals surface area contributed by atoms with Crippen LogP contribution in [-0.2, 0) is 11.3 Å². The largest absolute Gasteiger partial charge is 0.382 e. The van der Waals surface area contributed by atoms with Crippen molar-refractivity contribution >= 4 is 22.9 Å². The van der Waals surface area contributed by atoms with Gasteiger partial charge >= 0.3 is 0 Å². The molecule has 1 aromatic carbocycles. The molecule has 0 unspecified atom stereocenters. The van der Waals surface area contributed by atoms with Crippen molar-refractivity contribution in [3.8, 4) is 0 Å². The Bertz CT molecular complexity index is 814. The molecule has 0 aliphatic heterocycles.